The van der Waals surface area contributed by atoms with Crippen LogP contribution >= 0.6 is 39.1 Å². The number of benzene rings is 2. The van der Waals surface area contributed by atoms with E-state index in [-0.39, 0.29) is 0 Å². The summed E-state index contributed by atoms with van der Waals surface area (Å²) in [6.07, 6.45) is 0. The van der Waals surface area contributed by atoms with Crippen LogP contribution < -0.4 is 4.74 Å². The van der Waals surface area contributed by atoms with E-state index in [2.05, 4.69) is 15.9 Å². The van der Waals surface area contributed by atoms with Crippen molar-refractivity contribution in [1.82, 2.24) is 0 Å². The van der Waals surface area contributed by atoms with Crippen molar-refractivity contribution in [3.8, 4) is 11.5 Å². The predicted octanol–water partition coefficient (Wildman–Crippen LogP) is 5.68. The van der Waals surface area contributed by atoms with Crippen LogP contribution in [-0.2, 0) is 5.33 Å². The van der Waals surface area contributed by atoms with Crippen LogP contribution in [-0.4, -0.2) is 0 Å². The van der Waals surface area contributed by atoms with Crippen molar-refractivity contribution in [2.75, 3.05) is 0 Å². The Morgan fingerprint density at radius 3 is 2.35 bits per heavy atom. The number of rotatable bonds is 3. The zero-order valence-electron chi connectivity index (χ0n) is 8.79. The van der Waals surface area contributed by atoms with E-state index >= 15 is 0 Å². The fourth-order valence-corrected chi connectivity index (χ4v) is 2.02. The van der Waals surface area contributed by atoms with Gasteiger partial charge in [0.05, 0.1) is 5.02 Å². The molecule has 0 aliphatic rings. The minimum Gasteiger partial charge on any atom is -0.456 e. The SMILES string of the molecule is Clc1ccc(Cl)c(Oc2ccc(CBr)cc2)c1. The molecule has 0 aromatic heterocycles. The highest BCUT2D eigenvalue weighted by Crippen LogP contribution is 2.31. The van der Waals surface area contributed by atoms with Crippen molar-refractivity contribution < 1.29 is 4.74 Å². The van der Waals surface area contributed by atoms with Gasteiger partial charge < -0.3 is 4.74 Å². The second-order valence-corrected chi connectivity index (χ2v) is 4.86. The Labute approximate surface area is 118 Å². The molecular formula is C13H9BrCl2O. The first-order valence-electron chi connectivity index (χ1n) is 4.97. The third kappa shape index (κ3) is 3.38. The van der Waals surface area contributed by atoms with E-state index in [0.717, 1.165) is 11.1 Å². The van der Waals surface area contributed by atoms with E-state index < -0.39 is 0 Å². The molecule has 2 aromatic rings. The van der Waals surface area contributed by atoms with Gasteiger partial charge in [-0.1, -0.05) is 51.3 Å². The zero-order valence-corrected chi connectivity index (χ0v) is 11.9. The Bertz CT molecular complexity index is 511. The van der Waals surface area contributed by atoms with E-state index in [9.17, 15) is 0 Å². The summed E-state index contributed by atoms with van der Waals surface area (Å²) < 4.78 is 5.66. The number of halogens is 3. The van der Waals surface area contributed by atoms with Crippen LogP contribution in [0, 0.1) is 0 Å². The highest BCUT2D eigenvalue weighted by molar-refractivity contribution is 9.08. The molecule has 0 amide bonds. The molecule has 0 bridgehead atoms. The van der Waals surface area contributed by atoms with Gasteiger partial charge in [-0.05, 0) is 29.8 Å². The fourth-order valence-electron chi connectivity index (χ4n) is 1.33. The van der Waals surface area contributed by atoms with Gasteiger partial charge in [0.2, 0.25) is 0 Å². The van der Waals surface area contributed by atoms with Gasteiger partial charge in [0.15, 0.2) is 0 Å². The maximum Gasteiger partial charge on any atom is 0.147 e. The van der Waals surface area contributed by atoms with Crippen LogP contribution in [0.5, 0.6) is 11.5 Å². The molecule has 0 spiro atoms. The van der Waals surface area contributed by atoms with Crippen molar-refractivity contribution in [3.05, 3.63) is 58.1 Å². The summed E-state index contributed by atoms with van der Waals surface area (Å²) in [4.78, 5) is 0. The largest absolute Gasteiger partial charge is 0.456 e. The van der Waals surface area contributed by atoms with Gasteiger partial charge in [-0.2, -0.15) is 0 Å². The van der Waals surface area contributed by atoms with Gasteiger partial charge in [-0.15, -0.1) is 0 Å². The third-order valence-corrected chi connectivity index (χ3v) is 3.39. The lowest BCUT2D eigenvalue weighted by molar-refractivity contribution is 0.483. The standard InChI is InChI=1S/C13H9BrCl2O/c14-8-9-1-4-11(5-2-9)17-13-7-10(15)3-6-12(13)16/h1-7H,8H2. The van der Waals surface area contributed by atoms with E-state index in [1.807, 2.05) is 24.3 Å². The van der Waals surface area contributed by atoms with E-state index in [1.165, 1.54) is 5.56 Å². The number of hydrogen-bond acceptors (Lipinski definition) is 1. The van der Waals surface area contributed by atoms with Crippen LogP contribution in [0.3, 0.4) is 0 Å². The van der Waals surface area contributed by atoms with Crippen molar-refractivity contribution in [3.63, 3.8) is 0 Å². The van der Waals surface area contributed by atoms with Crippen molar-refractivity contribution in [1.29, 1.82) is 0 Å². The molecule has 0 heterocycles. The molecule has 0 N–H and O–H groups in total. The van der Waals surface area contributed by atoms with Crippen LogP contribution in [0.25, 0.3) is 0 Å². The predicted molar refractivity (Wildman–Crippen MR) is 75.6 cm³/mol. The molecule has 88 valence electrons. The topological polar surface area (TPSA) is 9.23 Å². The summed E-state index contributed by atoms with van der Waals surface area (Å²) in [7, 11) is 0. The summed E-state index contributed by atoms with van der Waals surface area (Å²) >= 11 is 15.3. The van der Waals surface area contributed by atoms with Gasteiger partial charge in [-0.25, -0.2) is 0 Å². The van der Waals surface area contributed by atoms with Gasteiger partial charge in [-0.3, -0.25) is 0 Å². The highest BCUT2D eigenvalue weighted by atomic mass is 79.9. The minimum atomic E-state index is 0.541. The number of hydrogen-bond donors (Lipinski definition) is 0. The molecule has 0 fully saturated rings. The van der Waals surface area contributed by atoms with Crippen molar-refractivity contribution >= 4 is 39.1 Å². The highest BCUT2D eigenvalue weighted by Gasteiger charge is 2.04. The average Bonchev–Trinajstić information content (AvgIpc) is 2.35. The molecule has 4 heteroatoms. The van der Waals surface area contributed by atoms with Gasteiger partial charge in [0, 0.05) is 16.4 Å². The maximum absolute atomic E-state index is 6.01. The maximum atomic E-state index is 6.01. The quantitative estimate of drug-likeness (QED) is 0.657. The van der Waals surface area contributed by atoms with E-state index in [4.69, 9.17) is 27.9 Å². The average molecular weight is 332 g/mol. The van der Waals surface area contributed by atoms with E-state index in [1.54, 1.807) is 18.2 Å². The van der Waals surface area contributed by atoms with E-state index in [0.29, 0.717) is 15.8 Å². The Morgan fingerprint density at radius 1 is 1.00 bits per heavy atom. The number of alkyl halides is 1. The van der Waals surface area contributed by atoms with Crippen molar-refractivity contribution in [2.45, 2.75) is 5.33 Å². The first kappa shape index (κ1) is 12.7. The number of ether oxygens (including phenoxy) is 1. The second-order valence-electron chi connectivity index (χ2n) is 3.45. The van der Waals surface area contributed by atoms with Gasteiger partial charge >= 0.3 is 0 Å². The Kier molecular flexibility index (Phi) is 4.32. The molecule has 2 rings (SSSR count). The lowest BCUT2D eigenvalue weighted by atomic mass is 10.2. The summed E-state index contributed by atoms with van der Waals surface area (Å²) in [5.41, 5.74) is 1.19. The van der Waals surface area contributed by atoms with Gasteiger partial charge in [0.25, 0.3) is 0 Å². The molecule has 0 radical (unpaired) electrons. The summed E-state index contributed by atoms with van der Waals surface area (Å²) in [5, 5.41) is 1.96. The molecule has 0 atom stereocenters. The smallest absolute Gasteiger partial charge is 0.147 e. The molecule has 1 nitrogen and oxygen atoms in total. The summed E-state index contributed by atoms with van der Waals surface area (Å²) in [6.45, 7) is 0. The second kappa shape index (κ2) is 5.76. The molecule has 2 aromatic carbocycles. The summed E-state index contributed by atoms with van der Waals surface area (Å²) in [6, 6.07) is 12.9. The van der Waals surface area contributed by atoms with Crippen LogP contribution in [0.2, 0.25) is 10.0 Å². The monoisotopic (exact) mass is 330 g/mol. The Balaban J connectivity index is 2.22. The minimum absolute atomic E-state index is 0.541. The Hall–Kier alpha value is -0.700. The first-order valence-corrected chi connectivity index (χ1v) is 6.84. The lowest BCUT2D eigenvalue weighted by Crippen LogP contribution is -1.86. The van der Waals surface area contributed by atoms with Crippen LogP contribution in [0.4, 0.5) is 0 Å². The molecule has 0 unspecified atom stereocenters. The third-order valence-electron chi connectivity index (χ3n) is 2.20. The molecule has 17 heavy (non-hydrogen) atoms. The Morgan fingerprint density at radius 2 is 1.71 bits per heavy atom. The molecule has 0 aliphatic heterocycles. The first-order chi connectivity index (χ1) is 8.19. The van der Waals surface area contributed by atoms with Gasteiger partial charge in [0.1, 0.15) is 11.5 Å². The van der Waals surface area contributed by atoms with Crippen LogP contribution in [0.15, 0.2) is 42.5 Å². The van der Waals surface area contributed by atoms with Crippen LogP contribution in [0.1, 0.15) is 5.56 Å². The summed E-state index contributed by atoms with van der Waals surface area (Å²) in [5.74, 6) is 1.30. The normalized spacial score (nSPS) is 10.3. The molecule has 0 aliphatic carbocycles. The molecule has 0 saturated carbocycles. The molecule has 0 saturated heterocycles. The van der Waals surface area contributed by atoms with Crippen molar-refractivity contribution in [2.24, 2.45) is 0 Å². The lowest BCUT2D eigenvalue weighted by Gasteiger charge is -2.08. The molecular weight excluding hydrogens is 323 g/mol. The zero-order chi connectivity index (χ0) is 12.3. The fraction of sp³-hybridized carbons (Fsp3) is 0.0769.